The number of amides is 2. The maximum atomic E-state index is 13.0. The van der Waals surface area contributed by atoms with E-state index in [1.165, 1.54) is 12.1 Å². The molecule has 0 radical (unpaired) electrons. The largest absolute Gasteiger partial charge is 0.370 e. The third kappa shape index (κ3) is 3.48. The van der Waals surface area contributed by atoms with Gasteiger partial charge in [0, 0.05) is 19.5 Å². The molecule has 2 N–H and O–H groups in total. The minimum Gasteiger partial charge on any atom is -0.370 e. The van der Waals surface area contributed by atoms with Gasteiger partial charge in [-0.3, -0.25) is 9.59 Å². The number of likely N-dealkylation sites (tertiary alicyclic amines) is 1. The van der Waals surface area contributed by atoms with Gasteiger partial charge in [0.1, 0.15) is 5.82 Å². The average molecular weight is 299 g/mol. The van der Waals surface area contributed by atoms with Gasteiger partial charge in [0.15, 0.2) is 0 Å². The molecule has 1 saturated heterocycles. The topological polar surface area (TPSA) is 63.4 Å². The summed E-state index contributed by atoms with van der Waals surface area (Å²) in [5, 5.41) is 0.120. The molecular formula is C14H16ClFN2O2. The first-order valence-electron chi connectivity index (χ1n) is 6.50. The monoisotopic (exact) mass is 298 g/mol. The van der Waals surface area contributed by atoms with Crippen molar-refractivity contribution in [1.82, 2.24) is 4.90 Å². The fraction of sp³-hybridized carbons (Fsp3) is 0.429. The Bertz CT molecular complexity index is 528. The van der Waals surface area contributed by atoms with Crippen molar-refractivity contribution in [2.75, 3.05) is 13.1 Å². The first kappa shape index (κ1) is 14.8. The number of benzene rings is 1. The van der Waals surface area contributed by atoms with E-state index in [1.807, 2.05) is 0 Å². The van der Waals surface area contributed by atoms with Crippen LogP contribution in [0.5, 0.6) is 0 Å². The Morgan fingerprint density at radius 3 is 2.55 bits per heavy atom. The molecule has 6 heteroatoms. The number of nitrogens with two attached hydrogens (primary N) is 1. The molecule has 1 aromatic rings. The normalized spacial score (nSPS) is 16.2. The molecule has 1 aromatic carbocycles. The molecular weight excluding hydrogens is 283 g/mol. The van der Waals surface area contributed by atoms with E-state index < -0.39 is 5.82 Å². The smallest absolute Gasteiger partial charge is 0.255 e. The molecule has 0 bridgehead atoms. The van der Waals surface area contributed by atoms with Gasteiger partial charge < -0.3 is 10.6 Å². The summed E-state index contributed by atoms with van der Waals surface area (Å²) in [6, 6.07) is 3.75. The standard InChI is InChI=1S/C14H16ClFN2O2/c15-12-8-10(16)1-2-11(12)14(20)18-5-3-9(4-6-18)7-13(17)19/h1-2,8-9H,3-7H2,(H2,17,19). The zero-order valence-corrected chi connectivity index (χ0v) is 11.7. The Labute approximate surface area is 121 Å². The molecule has 20 heavy (non-hydrogen) atoms. The summed E-state index contributed by atoms with van der Waals surface area (Å²) in [5.41, 5.74) is 5.48. The van der Waals surface area contributed by atoms with Gasteiger partial charge in [-0.1, -0.05) is 11.6 Å². The van der Waals surface area contributed by atoms with E-state index in [-0.39, 0.29) is 22.8 Å². The average Bonchev–Trinajstić information content (AvgIpc) is 2.38. The lowest BCUT2D eigenvalue weighted by Gasteiger charge is -2.31. The van der Waals surface area contributed by atoms with E-state index in [0.29, 0.717) is 25.1 Å². The molecule has 0 saturated carbocycles. The molecule has 2 amide bonds. The predicted octanol–water partition coefficient (Wildman–Crippen LogP) is 2.21. The van der Waals surface area contributed by atoms with Crippen LogP contribution in [-0.2, 0) is 4.79 Å². The SMILES string of the molecule is NC(=O)CC1CCN(C(=O)c2ccc(F)cc2Cl)CC1. The van der Waals surface area contributed by atoms with Crippen LogP contribution in [0.3, 0.4) is 0 Å². The Morgan fingerprint density at radius 2 is 2.00 bits per heavy atom. The Hall–Kier alpha value is -1.62. The molecule has 0 aliphatic carbocycles. The van der Waals surface area contributed by atoms with E-state index in [1.54, 1.807) is 4.90 Å². The van der Waals surface area contributed by atoms with E-state index in [0.717, 1.165) is 18.9 Å². The second kappa shape index (κ2) is 6.22. The van der Waals surface area contributed by atoms with Gasteiger partial charge in [-0.15, -0.1) is 0 Å². The highest BCUT2D eigenvalue weighted by Gasteiger charge is 2.25. The van der Waals surface area contributed by atoms with E-state index in [9.17, 15) is 14.0 Å². The van der Waals surface area contributed by atoms with E-state index in [2.05, 4.69) is 0 Å². The third-order valence-corrected chi connectivity index (χ3v) is 3.87. The number of carbonyl (C=O) groups excluding carboxylic acids is 2. The number of hydrogen-bond acceptors (Lipinski definition) is 2. The number of piperidine rings is 1. The first-order valence-corrected chi connectivity index (χ1v) is 6.88. The lowest BCUT2D eigenvalue weighted by atomic mass is 9.93. The molecule has 1 aliphatic rings. The van der Waals surface area contributed by atoms with Crippen molar-refractivity contribution in [3.63, 3.8) is 0 Å². The van der Waals surface area contributed by atoms with Gasteiger partial charge in [-0.2, -0.15) is 0 Å². The number of rotatable bonds is 3. The van der Waals surface area contributed by atoms with Crippen LogP contribution >= 0.6 is 11.6 Å². The zero-order valence-electron chi connectivity index (χ0n) is 10.9. The summed E-state index contributed by atoms with van der Waals surface area (Å²) >= 11 is 5.89. The molecule has 1 aliphatic heterocycles. The lowest BCUT2D eigenvalue weighted by molar-refractivity contribution is -0.119. The van der Waals surface area contributed by atoms with Crippen LogP contribution in [0.1, 0.15) is 29.6 Å². The number of hydrogen-bond donors (Lipinski definition) is 1. The van der Waals surface area contributed by atoms with Crippen molar-refractivity contribution in [3.05, 3.63) is 34.6 Å². The molecule has 108 valence electrons. The molecule has 1 heterocycles. The summed E-state index contributed by atoms with van der Waals surface area (Å²) in [6.07, 6.45) is 1.85. The summed E-state index contributed by atoms with van der Waals surface area (Å²) in [4.78, 5) is 24.8. The van der Waals surface area contributed by atoms with Crippen LogP contribution in [-0.4, -0.2) is 29.8 Å². The summed E-state index contributed by atoms with van der Waals surface area (Å²) in [5.74, 6) is -0.740. The van der Waals surface area contributed by atoms with Gasteiger partial charge in [0.05, 0.1) is 10.6 Å². The Balaban J connectivity index is 1.99. The summed E-state index contributed by atoms with van der Waals surface area (Å²) in [6.45, 7) is 1.12. The second-order valence-corrected chi connectivity index (χ2v) is 5.44. The van der Waals surface area contributed by atoms with Crippen molar-refractivity contribution < 1.29 is 14.0 Å². The predicted molar refractivity (Wildman–Crippen MR) is 73.8 cm³/mol. The zero-order chi connectivity index (χ0) is 14.7. The highest BCUT2D eigenvalue weighted by molar-refractivity contribution is 6.33. The van der Waals surface area contributed by atoms with Crippen molar-refractivity contribution in [1.29, 1.82) is 0 Å². The maximum absolute atomic E-state index is 13.0. The van der Waals surface area contributed by atoms with Crippen LogP contribution in [0, 0.1) is 11.7 Å². The summed E-state index contributed by atoms with van der Waals surface area (Å²) in [7, 11) is 0. The van der Waals surface area contributed by atoms with Crippen LogP contribution < -0.4 is 5.73 Å². The van der Waals surface area contributed by atoms with Gasteiger partial charge in [-0.05, 0) is 37.0 Å². The van der Waals surface area contributed by atoms with Gasteiger partial charge in [-0.25, -0.2) is 4.39 Å². The van der Waals surface area contributed by atoms with Crippen molar-refractivity contribution in [3.8, 4) is 0 Å². The first-order chi connectivity index (χ1) is 9.47. The minimum absolute atomic E-state index is 0.120. The van der Waals surface area contributed by atoms with Crippen LogP contribution in [0.2, 0.25) is 5.02 Å². The Kier molecular flexibility index (Phi) is 4.60. The van der Waals surface area contributed by atoms with Crippen LogP contribution in [0.25, 0.3) is 0 Å². The summed E-state index contributed by atoms with van der Waals surface area (Å²) < 4.78 is 13.0. The number of carbonyl (C=O) groups is 2. The maximum Gasteiger partial charge on any atom is 0.255 e. The van der Waals surface area contributed by atoms with Crippen molar-refractivity contribution in [2.24, 2.45) is 11.7 Å². The van der Waals surface area contributed by atoms with Crippen LogP contribution in [0.15, 0.2) is 18.2 Å². The van der Waals surface area contributed by atoms with Gasteiger partial charge in [0.25, 0.3) is 5.91 Å². The number of nitrogens with zero attached hydrogens (tertiary/aromatic N) is 1. The molecule has 0 unspecified atom stereocenters. The van der Waals surface area contributed by atoms with Gasteiger partial charge >= 0.3 is 0 Å². The van der Waals surface area contributed by atoms with Crippen molar-refractivity contribution >= 4 is 23.4 Å². The molecule has 0 spiro atoms. The molecule has 0 atom stereocenters. The molecule has 2 rings (SSSR count). The second-order valence-electron chi connectivity index (χ2n) is 5.03. The minimum atomic E-state index is -0.466. The van der Waals surface area contributed by atoms with E-state index in [4.69, 9.17) is 17.3 Å². The lowest BCUT2D eigenvalue weighted by Crippen LogP contribution is -2.39. The molecule has 0 aromatic heterocycles. The fourth-order valence-electron chi connectivity index (χ4n) is 2.46. The molecule has 1 fully saturated rings. The highest BCUT2D eigenvalue weighted by atomic mass is 35.5. The van der Waals surface area contributed by atoms with E-state index >= 15 is 0 Å². The van der Waals surface area contributed by atoms with Crippen molar-refractivity contribution in [2.45, 2.75) is 19.3 Å². The number of primary amides is 1. The third-order valence-electron chi connectivity index (χ3n) is 3.55. The Morgan fingerprint density at radius 1 is 1.35 bits per heavy atom. The fourth-order valence-corrected chi connectivity index (χ4v) is 2.71. The quantitative estimate of drug-likeness (QED) is 0.930. The number of halogens is 2. The van der Waals surface area contributed by atoms with Gasteiger partial charge in [0.2, 0.25) is 5.91 Å². The van der Waals surface area contributed by atoms with Crippen LogP contribution in [0.4, 0.5) is 4.39 Å². The highest BCUT2D eigenvalue weighted by Crippen LogP contribution is 2.24. The molecule has 4 nitrogen and oxygen atoms in total.